The van der Waals surface area contributed by atoms with E-state index < -0.39 is 4.92 Å². The number of nitrogens with one attached hydrogen (secondary N) is 1. The molecule has 0 atom stereocenters. The summed E-state index contributed by atoms with van der Waals surface area (Å²) in [5.41, 5.74) is 5.92. The molecule has 0 radical (unpaired) electrons. The Labute approximate surface area is 110 Å². The first kappa shape index (κ1) is 13.5. The summed E-state index contributed by atoms with van der Waals surface area (Å²) in [6.45, 7) is 3.75. The molecule has 1 aromatic rings. The summed E-state index contributed by atoms with van der Waals surface area (Å²) in [5.74, 6) is -0.279. The molecular formula is C12H18N4O3. The van der Waals surface area contributed by atoms with E-state index in [1.165, 1.54) is 12.3 Å². The highest BCUT2D eigenvalue weighted by Gasteiger charge is 2.29. The fourth-order valence-corrected chi connectivity index (χ4v) is 2.21. The molecule has 0 spiro atoms. The second kappa shape index (κ2) is 5.00. The van der Waals surface area contributed by atoms with Crippen LogP contribution >= 0.6 is 0 Å². The summed E-state index contributed by atoms with van der Waals surface area (Å²) < 4.78 is 1.62. The van der Waals surface area contributed by atoms with E-state index in [2.05, 4.69) is 5.32 Å². The monoisotopic (exact) mass is 266 g/mol. The molecule has 0 aromatic carbocycles. The molecule has 1 amide bonds. The fraction of sp³-hybridized carbons (Fsp3) is 0.583. The number of rotatable bonds is 4. The summed E-state index contributed by atoms with van der Waals surface area (Å²) in [5, 5.41) is 13.6. The van der Waals surface area contributed by atoms with Crippen LogP contribution in [0.15, 0.2) is 12.3 Å². The Morgan fingerprint density at radius 3 is 2.68 bits per heavy atom. The van der Waals surface area contributed by atoms with Gasteiger partial charge in [0.2, 0.25) is 0 Å². The number of hydrogen-bond donors (Lipinski definition) is 2. The first-order chi connectivity index (χ1) is 8.88. The third-order valence-electron chi connectivity index (χ3n) is 3.34. The largest absolute Gasteiger partial charge is 0.348 e. The van der Waals surface area contributed by atoms with Crippen LogP contribution in [0.3, 0.4) is 0 Å². The van der Waals surface area contributed by atoms with Crippen molar-refractivity contribution in [2.45, 2.75) is 44.8 Å². The van der Waals surface area contributed by atoms with Gasteiger partial charge in [-0.15, -0.1) is 0 Å². The van der Waals surface area contributed by atoms with Crippen LogP contribution in [0.1, 0.15) is 43.2 Å². The van der Waals surface area contributed by atoms with Crippen LogP contribution in [0.25, 0.3) is 0 Å². The molecule has 0 aliphatic heterocycles. The Bertz CT molecular complexity index is 503. The van der Waals surface area contributed by atoms with Crippen molar-refractivity contribution in [3.8, 4) is 0 Å². The smallest absolute Gasteiger partial charge is 0.287 e. The first-order valence-electron chi connectivity index (χ1n) is 6.31. The highest BCUT2D eigenvalue weighted by atomic mass is 16.6. The number of hydrogen-bond acceptors (Lipinski definition) is 4. The quantitative estimate of drug-likeness (QED) is 0.631. The van der Waals surface area contributed by atoms with Crippen LogP contribution in [0.5, 0.6) is 0 Å². The summed E-state index contributed by atoms with van der Waals surface area (Å²) in [7, 11) is 0. The van der Waals surface area contributed by atoms with Crippen LogP contribution < -0.4 is 11.1 Å². The van der Waals surface area contributed by atoms with E-state index in [0.29, 0.717) is 5.69 Å². The summed E-state index contributed by atoms with van der Waals surface area (Å²) in [4.78, 5) is 22.4. The Morgan fingerprint density at radius 1 is 1.58 bits per heavy atom. The maximum Gasteiger partial charge on any atom is 0.287 e. The van der Waals surface area contributed by atoms with Crippen LogP contribution in [-0.4, -0.2) is 27.5 Å². The molecule has 0 unspecified atom stereocenters. The zero-order valence-electron chi connectivity index (χ0n) is 11.0. The van der Waals surface area contributed by atoms with E-state index >= 15 is 0 Å². The molecule has 19 heavy (non-hydrogen) atoms. The third kappa shape index (κ3) is 2.76. The van der Waals surface area contributed by atoms with E-state index in [4.69, 9.17) is 5.73 Å². The van der Waals surface area contributed by atoms with Crippen molar-refractivity contribution < 1.29 is 9.72 Å². The Hall–Kier alpha value is -1.89. The molecular weight excluding hydrogens is 248 g/mol. The van der Waals surface area contributed by atoms with Gasteiger partial charge >= 0.3 is 0 Å². The normalized spacial score (nSPS) is 22.1. The zero-order chi connectivity index (χ0) is 14.2. The molecule has 1 aliphatic rings. The molecule has 7 nitrogen and oxygen atoms in total. The molecule has 1 aromatic heterocycles. The molecule has 2 rings (SSSR count). The molecule has 0 bridgehead atoms. The van der Waals surface area contributed by atoms with E-state index in [9.17, 15) is 14.9 Å². The van der Waals surface area contributed by atoms with Crippen LogP contribution in [-0.2, 0) is 0 Å². The highest BCUT2D eigenvalue weighted by molar-refractivity contribution is 5.93. The van der Waals surface area contributed by atoms with Crippen LogP contribution in [0, 0.1) is 10.1 Å². The Balaban J connectivity index is 2.17. The van der Waals surface area contributed by atoms with Gasteiger partial charge in [0, 0.05) is 24.2 Å². The predicted octanol–water partition coefficient (Wildman–Crippen LogP) is 1.20. The summed E-state index contributed by atoms with van der Waals surface area (Å²) >= 11 is 0. The van der Waals surface area contributed by atoms with Crippen molar-refractivity contribution in [1.82, 2.24) is 9.88 Å². The van der Waals surface area contributed by atoms with Crippen molar-refractivity contribution in [2.75, 3.05) is 0 Å². The van der Waals surface area contributed by atoms with Crippen molar-refractivity contribution >= 4 is 11.6 Å². The lowest BCUT2D eigenvalue weighted by atomic mass is 9.87. The van der Waals surface area contributed by atoms with Gasteiger partial charge in [0.05, 0.1) is 11.1 Å². The second-order valence-corrected chi connectivity index (χ2v) is 5.24. The SMILES string of the molecule is CC(C)n1cc([N+](=O)[O-])cc1C(=O)NC1CC(N)C1. The van der Waals surface area contributed by atoms with Gasteiger partial charge in [-0.3, -0.25) is 14.9 Å². The number of nitrogens with zero attached hydrogens (tertiary/aromatic N) is 2. The maximum absolute atomic E-state index is 12.1. The third-order valence-corrected chi connectivity index (χ3v) is 3.34. The number of carbonyl (C=O) groups is 1. The number of carbonyl (C=O) groups excluding carboxylic acids is 1. The molecule has 1 saturated carbocycles. The lowest BCUT2D eigenvalue weighted by Gasteiger charge is -2.33. The molecule has 0 saturated heterocycles. The van der Waals surface area contributed by atoms with E-state index in [-0.39, 0.29) is 29.7 Å². The maximum atomic E-state index is 12.1. The van der Waals surface area contributed by atoms with Gasteiger partial charge in [0.1, 0.15) is 5.69 Å². The van der Waals surface area contributed by atoms with Crippen molar-refractivity contribution in [3.05, 3.63) is 28.1 Å². The van der Waals surface area contributed by atoms with Crippen LogP contribution in [0.4, 0.5) is 5.69 Å². The minimum absolute atomic E-state index is 0.0157. The summed E-state index contributed by atoms with van der Waals surface area (Å²) in [6, 6.07) is 1.53. The lowest BCUT2D eigenvalue weighted by molar-refractivity contribution is -0.384. The average Bonchev–Trinajstić information content (AvgIpc) is 2.71. The molecule has 1 aliphatic carbocycles. The minimum atomic E-state index is -0.491. The minimum Gasteiger partial charge on any atom is -0.348 e. The highest BCUT2D eigenvalue weighted by Crippen LogP contribution is 2.22. The molecule has 3 N–H and O–H groups in total. The van der Waals surface area contributed by atoms with Crippen molar-refractivity contribution in [2.24, 2.45) is 5.73 Å². The van der Waals surface area contributed by atoms with Crippen molar-refractivity contribution in [1.29, 1.82) is 0 Å². The van der Waals surface area contributed by atoms with Gasteiger partial charge in [-0.2, -0.15) is 0 Å². The number of amides is 1. The zero-order valence-corrected chi connectivity index (χ0v) is 11.0. The van der Waals surface area contributed by atoms with Gasteiger partial charge in [-0.25, -0.2) is 0 Å². The van der Waals surface area contributed by atoms with E-state index in [0.717, 1.165) is 12.8 Å². The topological polar surface area (TPSA) is 103 Å². The van der Waals surface area contributed by atoms with Gasteiger partial charge < -0.3 is 15.6 Å². The van der Waals surface area contributed by atoms with Crippen molar-refractivity contribution in [3.63, 3.8) is 0 Å². The first-order valence-corrected chi connectivity index (χ1v) is 6.31. The lowest BCUT2D eigenvalue weighted by Crippen LogP contribution is -2.50. The molecule has 7 heteroatoms. The number of nitro groups is 1. The second-order valence-electron chi connectivity index (χ2n) is 5.24. The van der Waals surface area contributed by atoms with Gasteiger partial charge in [-0.1, -0.05) is 0 Å². The molecule has 1 fully saturated rings. The summed E-state index contributed by atoms with van der Waals surface area (Å²) in [6.07, 6.45) is 2.92. The predicted molar refractivity (Wildman–Crippen MR) is 69.9 cm³/mol. The molecule has 1 heterocycles. The molecule has 104 valence electrons. The van der Waals surface area contributed by atoms with E-state index in [1.807, 2.05) is 13.8 Å². The Kier molecular flexibility index (Phi) is 3.57. The van der Waals surface area contributed by atoms with Gasteiger partial charge in [0.15, 0.2) is 0 Å². The van der Waals surface area contributed by atoms with E-state index in [1.54, 1.807) is 4.57 Å². The van der Waals surface area contributed by atoms with Gasteiger partial charge in [-0.05, 0) is 26.7 Å². The standard InChI is InChI=1S/C12H18N4O3/c1-7(2)15-6-10(16(18)19)5-11(15)12(17)14-9-3-8(13)4-9/h5-9H,3-4,13H2,1-2H3,(H,14,17). The fourth-order valence-electron chi connectivity index (χ4n) is 2.21. The number of aromatic nitrogens is 1. The number of nitrogens with two attached hydrogens (primary N) is 1. The Morgan fingerprint density at radius 2 is 2.21 bits per heavy atom. The van der Waals surface area contributed by atoms with Gasteiger partial charge in [0.25, 0.3) is 11.6 Å². The van der Waals surface area contributed by atoms with Crippen LogP contribution in [0.2, 0.25) is 0 Å². The average molecular weight is 266 g/mol.